The van der Waals surface area contributed by atoms with Gasteiger partial charge in [0.15, 0.2) is 0 Å². The van der Waals surface area contributed by atoms with Gasteiger partial charge >= 0.3 is 0 Å². The summed E-state index contributed by atoms with van der Waals surface area (Å²) in [6, 6.07) is -0.924. The molecule has 0 aliphatic carbocycles. The Labute approximate surface area is 430 Å². The predicted octanol–water partition coefficient (Wildman–Crippen LogP) is 16.1. The van der Waals surface area contributed by atoms with E-state index in [1.807, 2.05) is 27.2 Å². The number of nitrogens with one attached hydrogen (secondary N) is 1. The first-order valence-electron chi connectivity index (χ1n) is 27.5. The molecule has 0 bridgehead atoms. The van der Waals surface area contributed by atoms with Gasteiger partial charge in [-0.3, -0.25) is 9.36 Å². The molecule has 0 aromatic heterocycles. The molecule has 0 fully saturated rings. The van der Waals surface area contributed by atoms with Crippen molar-refractivity contribution in [1.29, 1.82) is 0 Å². The third kappa shape index (κ3) is 52.5. The summed E-state index contributed by atoms with van der Waals surface area (Å²) in [6.07, 6.45) is 76.6. The number of amides is 1. The predicted molar refractivity (Wildman–Crippen MR) is 302 cm³/mol. The first-order chi connectivity index (χ1) is 34.0. The smallest absolute Gasteiger partial charge is 0.268 e. The van der Waals surface area contributed by atoms with Crippen molar-refractivity contribution in [1.82, 2.24) is 5.32 Å². The van der Waals surface area contributed by atoms with Crippen LogP contribution in [0.25, 0.3) is 0 Å². The lowest BCUT2D eigenvalue weighted by molar-refractivity contribution is -0.870. The highest BCUT2D eigenvalue weighted by molar-refractivity contribution is 7.45. The minimum absolute atomic E-state index is 0.0181. The highest BCUT2D eigenvalue weighted by atomic mass is 31.2. The van der Waals surface area contributed by atoms with E-state index >= 15 is 0 Å². The Kier molecular flexibility index (Phi) is 48.1. The standard InChI is InChI=1S/C61H103N2O6P/c1-6-8-10-12-14-16-18-20-22-23-24-25-26-27-28-29-30-31-32-33-34-35-36-37-38-39-41-43-45-47-49-51-53-55-61(65)62-59(58-69-70(66,67)68-57-56-63(3,4)5)60(64)54-52-50-48-46-44-42-40-21-19-17-15-13-11-9-7-2/h8,10,14,16,19-22,24-25,27-28,30-31,33-34,36-37,44,46,52,54,59-60,64H,6-7,9,11-13,15,17-18,23,26,29,32,35,38-43,45,47-51,53,55-58H2,1-5H3,(H-,62,65,66,67)/b10-8-,16-14-,21-19+,22-20-,25-24-,28-27-,31-30-,34-33-,37-36-,46-44+,54-52+. The van der Waals surface area contributed by atoms with Crippen molar-refractivity contribution < 1.29 is 32.9 Å². The molecule has 0 aromatic rings. The van der Waals surface area contributed by atoms with E-state index in [1.54, 1.807) is 6.08 Å². The van der Waals surface area contributed by atoms with Crippen molar-refractivity contribution in [2.75, 3.05) is 40.9 Å². The van der Waals surface area contributed by atoms with E-state index in [0.29, 0.717) is 17.4 Å². The van der Waals surface area contributed by atoms with Crippen LogP contribution in [0.3, 0.4) is 0 Å². The number of hydrogen-bond donors (Lipinski definition) is 2. The molecule has 2 N–H and O–H groups in total. The number of rotatable bonds is 48. The molecule has 3 atom stereocenters. The van der Waals surface area contributed by atoms with Gasteiger partial charge in [-0.25, -0.2) is 0 Å². The highest BCUT2D eigenvalue weighted by Gasteiger charge is 2.23. The highest BCUT2D eigenvalue weighted by Crippen LogP contribution is 2.38. The molecular formula is C61H103N2O6P. The number of phosphoric acid groups is 1. The molecule has 0 saturated carbocycles. The molecule has 0 heterocycles. The van der Waals surface area contributed by atoms with Crippen molar-refractivity contribution >= 4 is 13.7 Å². The minimum atomic E-state index is -4.62. The Morgan fingerprint density at radius 2 is 0.886 bits per heavy atom. The molecule has 3 unspecified atom stereocenters. The Morgan fingerprint density at radius 1 is 0.514 bits per heavy atom. The average molecular weight is 991 g/mol. The molecule has 0 aliphatic heterocycles. The fourth-order valence-electron chi connectivity index (χ4n) is 7.02. The Morgan fingerprint density at radius 3 is 1.33 bits per heavy atom. The largest absolute Gasteiger partial charge is 0.756 e. The molecule has 70 heavy (non-hydrogen) atoms. The third-order valence-corrected chi connectivity index (χ3v) is 12.3. The number of aliphatic hydroxyl groups is 1. The maximum absolute atomic E-state index is 12.9. The lowest BCUT2D eigenvalue weighted by Gasteiger charge is -2.29. The summed E-state index contributed by atoms with van der Waals surface area (Å²) in [5, 5.41) is 13.8. The number of carbonyl (C=O) groups excluding carboxylic acids is 1. The molecule has 0 rings (SSSR count). The SMILES string of the molecule is CC/C=C\C/C=C\C/C=C\C/C=C\C/C=C\C/C=C\C/C=C\C/C=C\CCCCCCCCCCC(=O)NC(COP(=O)([O-])OCC[N+](C)(C)C)C(O)/C=C/CC/C=C/CC/C=C/CCCCCCC. The van der Waals surface area contributed by atoms with Crippen LogP contribution in [0, 0.1) is 0 Å². The van der Waals surface area contributed by atoms with Gasteiger partial charge in [0.2, 0.25) is 5.91 Å². The van der Waals surface area contributed by atoms with Crippen LogP contribution in [0.4, 0.5) is 0 Å². The summed E-state index contributed by atoms with van der Waals surface area (Å²) in [5.41, 5.74) is 0. The van der Waals surface area contributed by atoms with Gasteiger partial charge in [0, 0.05) is 6.42 Å². The lowest BCUT2D eigenvalue weighted by atomic mass is 10.1. The van der Waals surface area contributed by atoms with Gasteiger partial charge in [-0.2, -0.15) is 0 Å². The minimum Gasteiger partial charge on any atom is -0.756 e. The fraction of sp³-hybridized carbons (Fsp3) is 0.623. The monoisotopic (exact) mass is 991 g/mol. The van der Waals surface area contributed by atoms with Gasteiger partial charge in [0.25, 0.3) is 7.82 Å². The van der Waals surface area contributed by atoms with Crippen LogP contribution < -0.4 is 10.2 Å². The van der Waals surface area contributed by atoms with E-state index in [2.05, 4.69) is 141 Å². The lowest BCUT2D eigenvalue weighted by Crippen LogP contribution is -2.45. The zero-order valence-corrected chi connectivity index (χ0v) is 46.1. The quantitative estimate of drug-likeness (QED) is 0.0272. The average Bonchev–Trinajstić information content (AvgIpc) is 3.32. The summed E-state index contributed by atoms with van der Waals surface area (Å²) >= 11 is 0. The van der Waals surface area contributed by atoms with Gasteiger partial charge < -0.3 is 28.8 Å². The second-order valence-corrected chi connectivity index (χ2v) is 20.6. The molecule has 0 aromatic carbocycles. The number of aliphatic hydroxyl groups excluding tert-OH is 1. The topological polar surface area (TPSA) is 108 Å². The summed E-state index contributed by atoms with van der Waals surface area (Å²) < 4.78 is 23.3. The van der Waals surface area contributed by atoms with Gasteiger partial charge in [-0.1, -0.05) is 212 Å². The van der Waals surface area contributed by atoms with Crippen LogP contribution in [-0.2, 0) is 18.4 Å². The molecular weight excluding hydrogens is 888 g/mol. The summed E-state index contributed by atoms with van der Waals surface area (Å²) in [5.74, 6) is -0.227. The van der Waals surface area contributed by atoms with E-state index in [1.165, 1.54) is 57.8 Å². The van der Waals surface area contributed by atoms with E-state index < -0.39 is 26.6 Å². The number of phosphoric ester groups is 1. The normalized spacial score (nSPS) is 15.0. The number of unbranched alkanes of at least 4 members (excludes halogenated alkanes) is 15. The number of nitrogens with zero attached hydrogens (tertiary/aromatic N) is 1. The molecule has 0 saturated heterocycles. The van der Waals surface area contributed by atoms with Gasteiger partial charge in [0.1, 0.15) is 13.2 Å². The Hall–Kier alpha value is -3.36. The molecule has 0 radical (unpaired) electrons. The van der Waals surface area contributed by atoms with Crippen LogP contribution in [0.2, 0.25) is 0 Å². The van der Waals surface area contributed by atoms with Gasteiger partial charge in [-0.15, -0.1) is 0 Å². The molecule has 9 heteroatoms. The molecule has 398 valence electrons. The van der Waals surface area contributed by atoms with E-state index in [0.717, 1.165) is 116 Å². The number of hydrogen-bond acceptors (Lipinski definition) is 6. The van der Waals surface area contributed by atoms with E-state index in [4.69, 9.17) is 9.05 Å². The zero-order chi connectivity index (χ0) is 51.3. The first-order valence-corrected chi connectivity index (χ1v) is 29.0. The summed E-state index contributed by atoms with van der Waals surface area (Å²) in [6.45, 7) is 4.46. The van der Waals surface area contributed by atoms with Crippen molar-refractivity contribution in [3.63, 3.8) is 0 Å². The first kappa shape index (κ1) is 66.6. The third-order valence-electron chi connectivity index (χ3n) is 11.3. The van der Waals surface area contributed by atoms with Crippen LogP contribution >= 0.6 is 7.82 Å². The molecule has 1 amide bonds. The Bertz CT molecular complexity index is 1590. The van der Waals surface area contributed by atoms with Crippen molar-refractivity contribution in [3.8, 4) is 0 Å². The number of allylic oxidation sites excluding steroid dienone is 21. The van der Waals surface area contributed by atoms with Gasteiger partial charge in [-0.05, 0) is 109 Å². The van der Waals surface area contributed by atoms with Crippen molar-refractivity contribution in [2.45, 2.75) is 206 Å². The number of carbonyl (C=O) groups is 1. The van der Waals surface area contributed by atoms with E-state index in [-0.39, 0.29) is 12.5 Å². The van der Waals surface area contributed by atoms with E-state index in [9.17, 15) is 19.4 Å². The van der Waals surface area contributed by atoms with Crippen molar-refractivity contribution in [3.05, 3.63) is 134 Å². The molecule has 0 aliphatic rings. The van der Waals surface area contributed by atoms with Crippen molar-refractivity contribution in [2.24, 2.45) is 0 Å². The van der Waals surface area contributed by atoms with Crippen LogP contribution in [-0.4, -0.2) is 68.5 Å². The van der Waals surface area contributed by atoms with Crippen LogP contribution in [0.5, 0.6) is 0 Å². The molecule has 8 nitrogen and oxygen atoms in total. The van der Waals surface area contributed by atoms with Crippen LogP contribution in [0.15, 0.2) is 134 Å². The second kappa shape index (κ2) is 50.6. The van der Waals surface area contributed by atoms with Crippen LogP contribution in [0.1, 0.15) is 194 Å². The maximum Gasteiger partial charge on any atom is 0.268 e. The fourth-order valence-corrected chi connectivity index (χ4v) is 7.74. The summed E-state index contributed by atoms with van der Waals surface area (Å²) in [4.78, 5) is 25.4. The van der Waals surface area contributed by atoms with Gasteiger partial charge in [0.05, 0.1) is 39.9 Å². The summed E-state index contributed by atoms with van der Waals surface area (Å²) in [7, 11) is 1.21. The zero-order valence-electron chi connectivity index (χ0n) is 45.2. The molecule has 0 spiro atoms. The number of quaternary nitrogens is 1. The number of likely N-dealkylation sites (N-methyl/N-ethyl adjacent to an activating group) is 1. The Balaban J connectivity index is 4.27. The maximum atomic E-state index is 12.9. The second-order valence-electron chi connectivity index (χ2n) is 19.2.